The van der Waals surface area contributed by atoms with Crippen molar-refractivity contribution in [2.24, 2.45) is 0 Å². The summed E-state index contributed by atoms with van der Waals surface area (Å²) in [5.41, 5.74) is 4.44. The zero-order valence-corrected chi connectivity index (χ0v) is 15.2. The van der Waals surface area contributed by atoms with Crippen LogP contribution in [0, 0.1) is 13.8 Å². The summed E-state index contributed by atoms with van der Waals surface area (Å²) in [6.45, 7) is 4.81. The summed E-state index contributed by atoms with van der Waals surface area (Å²) in [4.78, 5) is 14.4. The summed E-state index contributed by atoms with van der Waals surface area (Å²) < 4.78 is 10.8. The van der Waals surface area contributed by atoms with Gasteiger partial charge in [0, 0.05) is 11.6 Å². The van der Waals surface area contributed by atoms with Crippen molar-refractivity contribution in [2.45, 2.75) is 20.4 Å². The first-order valence-electron chi connectivity index (χ1n) is 8.80. The molecule has 1 aromatic heterocycles. The SMILES string of the molecule is Cc1cc(C(=O)N2CCOc3c(O)cc(-c4ccccc4C)cc3C2)on1. The molecule has 2 aromatic carbocycles. The number of hydrogen-bond donors (Lipinski definition) is 1. The van der Waals surface area contributed by atoms with Crippen LogP contribution in [0.25, 0.3) is 11.1 Å². The van der Waals surface area contributed by atoms with Crippen LogP contribution in [-0.2, 0) is 6.54 Å². The van der Waals surface area contributed by atoms with Gasteiger partial charge >= 0.3 is 0 Å². The molecule has 0 radical (unpaired) electrons. The van der Waals surface area contributed by atoms with Gasteiger partial charge in [0.05, 0.1) is 18.8 Å². The predicted molar refractivity (Wildman–Crippen MR) is 99.8 cm³/mol. The quantitative estimate of drug-likeness (QED) is 0.750. The number of hydrogen-bond acceptors (Lipinski definition) is 5. The largest absolute Gasteiger partial charge is 0.504 e. The van der Waals surface area contributed by atoms with E-state index in [0.29, 0.717) is 31.1 Å². The van der Waals surface area contributed by atoms with E-state index >= 15 is 0 Å². The fraction of sp³-hybridized carbons (Fsp3) is 0.238. The Labute approximate surface area is 157 Å². The number of ether oxygens (including phenoxy) is 1. The number of aromatic hydroxyl groups is 1. The maximum atomic E-state index is 12.7. The molecular formula is C21H20N2O4. The highest BCUT2D eigenvalue weighted by Crippen LogP contribution is 2.38. The molecule has 0 aliphatic carbocycles. The average Bonchev–Trinajstić information content (AvgIpc) is 2.96. The van der Waals surface area contributed by atoms with Crippen molar-refractivity contribution >= 4 is 5.91 Å². The van der Waals surface area contributed by atoms with Gasteiger partial charge in [0.2, 0.25) is 5.76 Å². The minimum atomic E-state index is -0.243. The van der Waals surface area contributed by atoms with Crippen LogP contribution in [0.4, 0.5) is 0 Å². The number of aromatic nitrogens is 1. The van der Waals surface area contributed by atoms with E-state index in [1.165, 1.54) is 0 Å². The fourth-order valence-corrected chi connectivity index (χ4v) is 3.34. The molecule has 0 bridgehead atoms. The molecule has 2 heterocycles. The molecule has 0 saturated carbocycles. The first-order valence-corrected chi connectivity index (χ1v) is 8.80. The minimum Gasteiger partial charge on any atom is -0.504 e. The third-order valence-electron chi connectivity index (χ3n) is 4.70. The van der Waals surface area contributed by atoms with E-state index < -0.39 is 0 Å². The second kappa shape index (κ2) is 6.79. The van der Waals surface area contributed by atoms with Gasteiger partial charge in [0.15, 0.2) is 11.5 Å². The number of aryl methyl sites for hydroxylation is 2. The lowest BCUT2D eigenvalue weighted by molar-refractivity contribution is 0.0691. The summed E-state index contributed by atoms with van der Waals surface area (Å²) in [5.74, 6) is 0.468. The number of phenols is 1. The summed E-state index contributed by atoms with van der Waals surface area (Å²) in [6, 6.07) is 13.3. The van der Waals surface area contributed by atoms with Gasteiger partial charge in [-0.1, -0.05) is 29.4 Å². The van der Waals surface area contributed by atoms with E-state index in [4.69, 9.17) is 9.26 Å². The molecule has 0 fully saturated rings. The molecule has 4 rings (SSSR count). The number of rotatable bonds is 2. The maximum Gasteiger partial charge on any atom is 0.292 e. The number of amides is 1. The first-order chi connectivity index (χ1) is 13.0. The number of fused-ring (bicyclic) bond motifs is 1. The molecule has 6 heteroatoms. The zero-order valence-electron chi connectivity index (χ0n) is 15.2. The van der Waals surface area contributed by atoms with Crippen LogP contribution < -0.4 is 4.74 Å². The second-order valence-corrected chi connectivity index (χ2v) is 6.71. The molecule has 0 spiro atoms. The van der Waals surface area contributed by atoms with Crippen molar-refractivity contribution in [3.8, 4) is 22.6 Å². The third-order valence-corrected chi connectivity index (χ3v) is 4.70. The Morgan fingerprint density at radius 1 is 1.19 bits per heavy atom. The van der Waals surface area contributed by atoms with Gasteiger partial charge in [0.1, 0.15) is 6.61 Å². The van der Waals surface area contributed by atoms with E-state index in [-0.39, 0.29) is 17.4 Å². The lowest BCUT2D eigenvalue weighted by atomic mass is 9.98. The lowest BCUT2D eigenvalue weighted by Crippen LogP contribution is -2.32. The number of carbonyl (C=O) groups is 1. The van der Waals surface area contributed by atoms with Crippen molar-refractivity contribution in [1.29, 1.82) is 0 Å². The van der Waals surface area contributed by atoms with E-state index in [0.717, 1.165) is 22.3 Å². The summed E-state index contributed by atoms with van der Waals surface area (Å²) in [5, 5.41) is 14.3. The maximum absolute atomic E-state index is 12.7. The summed E-state index contributed by atoms with van der Waals surface area (Å²) >= 11 is 0. The topological polar surface area (TPSA) is 75.8 Å². The van der Waals surface area contributed by atoms with Crippen molar-refractivity contribution < 1.29 is 19.2 Å². The predicted octanol–water partition coefficient (Wildman–Crippen LogP) is 3.70. The summed E-state index contributed by atoms with van der Waals surface area (Å²) in [7, 11) is 0. The van der Waals surface area contributed by atoms with Gasteiger partial charge in [-0.05, 0) is 42.7 Å². The molecule has 1 aliphatic rings. The molecule has 138 valence electrons. The molecule has 0 atom stereocenters. The highest BCUT2D eigenvalue weighted by molar-refractivity contribution is 5.91. The molecule has 0 saturated heterocycles. The average molecular weight is 364 g/mol. The van der Waals surface area contributed by atoms with Crippen molar-refractivity contribution in [3.63, 3.8) is 0 Å². The number of nitrogens with zero attached hydrogens (tertiary/aromatic N) is 2. The van der Waals surface area contributed by atoms with Gasteiger partial charge in [-0.2, -0.15) is 0 Å². The van der Waals surface area contributed by atoms with Crippen LogP contribution in [0.15, 0.2) is 47.0 Å². The van der Waals surface area contributed by atoms with Crippen LogP contribution in [0.1, 0.15) is 27.4 Å². The second-order valence-electron chi connectivity index (χ2n) is 6.71. The normalized spacial score (nSPS) is 13.6. The first kappa shape index (κ1) is 17.1. The van der Waals surface area contributed by atoms with E-state index in [2.05, 4.69) is 5.16 Å². The third kappa shape index (κ3) is 3.26. The summed E-state index contributed by atoms with van der Waals surface area (Å²) in [6.07, 6.45) is 0. The Morgan fingerprint density at radius 2 is 2.00 bits per heavy atom. The van der Waals surface area contributed by atoms with Gasteiger partial charge in [-0.25, -0.2) is 0 Å². The highest BCUT2D eigenvalue weighted by Gasteiger charge is 2.26. The zero-order chi connectivity index (χ0) is 19.0. The van der Waals surface area contributed by atoms with Crippen LogP contribution in [0.2, 0.25) is 0 Å². The van der Waals surface area contributed by atoms with E-state index in [1.54, 1.807) is 24.0 Å². The number of phenolic OH excluding ortho intramolecular Hbond substituents is 1. The van der Waals surface area contributed by atoms with Crippen LogP contribution in [0.5, 0.6) is 11.5 Å². The van der Waals surface area contributed by atoms with E-state index in [9.17, 15) is 9.90 Å². The highest BCUT2D eigenvalue weighted by atomic mass is 16.5. The Bertz CT molecular complexity index is 1010. The van der Waals surface area contributed by atoms with Gasteiger partial charge < -0.3 is 19.3 Å². The van der Waals surface area contributed by atoms with E-state index in [1.807, 2.05) is 37.3 Å². The van der Waals surface area contributed by atoms with Gasteiger partial charge in [0.25, 0.3) is 5.91 Å². The molecule has 0 unspecified atom stereocenters. The molecule has 6 nitrogen and oxygen atoms in total. The van der Waals surface area contributed by atoms with Crippen molar-refractivity contribution in [2.75, 3.05) is 13.2 Å². The van der Waals surface area contributed by atoms with Crippen LogP contribution >= 0.6 is 0 Å². The minimum absolute atomic E-state index is 0.0792. The lowest BCUT2D eigenvalue weighted by Gasteiger charge is -2.18. The molecule has 3 aromatic rings. The molecular weight excluding hydrogens is 344 g/mol. The Morgan fingerprint density at radius 3 is 2.74 bits per heavy atom. The standard InChI is InChI=1S/C21H20N2O4/c1-13-5-3-4-6-17(13)15-10-16-12-23(7-8-26-20(16)18(24)11-15)21(25)19-9-14(2)22-27-19/h3-6,9-11,24H,7-8,12H2,1-2H3. The van der Waals surface area contributed by atoms with Crippen LogP contribution in [-0.4, -0.2) is 34.2 Å². The van der Waals surface area contributed by atoms with Gasteiger partial charge in [-0.3, -0.25) is 4.79 Å². The molecule has 1 aliphatic heterocycles. The Balaban J connectivity index is 1.71. The monoisotopic (exact) mass is 364 g/mol. The number of benzene rings is 2. The van der Waals surface area contributed by atoms with Crippen LogP contribution in [0.3, 0.4) is 0 Å². The van der Waals surface area contributed by atoms with Crippen molar-refractivity contribution in [1.82, 2.24) is 10.1 Å². The Hall–Kier alpha value is -3.28. The molecule has 1 amide bonds. The number of carbonyl (C=O) groups excluding carboxylic acids is 1. The molecule has 1 N–H and O–H groups in total. The van der Waals surface area contributed by atoms with Gasteiger partial charge in [-0.15, -0.1) is 0 Å². The Kier molecular flexibility index (Phi) is 4.32. The van der Waals surface area contributed by atoms with Crippen molar-refractivity contribution in [3.05, 3.63) is 65.0 Å². The fourth-order valence-electron chi connectivity index (χ4n) is 3.34. The molecule has 27 heavy (non-hydrogen) atoms. The smallest absolute Gasteiger partial charge is 0.292 e.